The molecule has 1 saturated heterocycles. The van der Waals surface area contributed by atoms with Crippen molar-refractivity contribution in [2.45, 2.75) is 95.7 Å². The number of benzene rings is 1. The fraction of sp³-hybridized carbons (Fsp3) is 0.588. The highest BCUT2D eigenvalue weighted by atomic mass is 32.2. The SMILES string of the molecule is CC(C)C(=O)OCc1ccc(O[C@@H]2O[C@H](C(=O)O)[C@@H](O)[C@H](O)[C@H]2O)cc1OCCCNC(=O)[C@H](CCS(=O)(=O)O)NC(=O)CCCCCN1C(=O)C=CC1=O. The van der Waals surface area contributed by atoms with Gasteiger partial charge in [0, 0.05) is 43.3 Å². The van der Waals surface area contributed by atoms with Gasteiger partial charge in [0.05, 0.1) is 18.3 Å². The van der Waals surface area contributed by atoms with Gasteiger partial charge in [-0.2, -0.15) is 8.42 Å². The molecule has 0 spiro atoms. The summed E-state index contributed by atoms with van der Waals surface area (Å²) in [4.78, 5) is 73.5. The largest absolute Gasteiger partial charge is 0.493 e. The van der Waals surface area contributed by atoms with Crippen LogP contribution in [0.25, 0.3) is 0 Å². The summed E-state index contributed by atoms with van der Waals surface area (Å²) in [5.41, 5.74) is 0.373. The minimum Gasteiger partial charge on any atom is -0.493 e. The normalized spacial score (nSPS) is 21.7. The molecule has 0 radical (unpaired) electrons. The maximum absolute atomic E-state index is 13.0. The van der Waals surface area contributed by atoms with Gasteiger partial charge in [0.15, 0.2) is 6.10 Å². The Balaban J connectivity index is 1.56. The highest BCUT2D eigenvalue weighted by Gasteiger charge is 2.48. The minimum absolute atomic E-state index is 0.0212. The molecule has 1 fully saturated rings. The molecule has 4 amide bonds. The number of aliphatic carboxylic acids is 1. The van der Waals surface area contributed by atoms with Crippen LogP contribution >= 0.6 is 0 Å². The molecule has 21 heteroatoms. The first kappa shape index (κ1) is 44.7. The van der Waals surface area contributed by atoms with Crippen molar-refractivity contribution in [2.75, 3.05) is 25.4 Å². The lowest BCUT2D eigenvalue weighted by Crippen LogP contribution is -2.61. The number of esters is 1. The number of aliphatic hydroxyl groups is 3. The number of rotatable bonds is 22. The molecular formula is C34H47N3O17S. The maximum Gasteiger partial charge on any atom is 0.335 e. The number of aliphatic hydroxyl groups excluding tert-OH is 3. The third-order valence-electron chi connectivity index (χ3n) is 8.33. The summed E-state index contributed by atoms with van der Waals surface area (Å²) in [6, 6.07) is 2.86. The fourth-order valence-corrected chi connectivity index (χ4v) is 5.77. The number of nitrogens with zero attached hydrogens (tertiary/aromatic N) is 1. The van der Waals surface area contributed by atoms with Crippen LogP contribution in [0.15, 0.2) is 30.4 Å². The lowest BCUT2D eigenvalue weighted by atomic mass is 9.99. The average Bonchev–Trinajstić information content (AvgIpc) is 3.44. The Labute approximate surface area is 316 Å². The molecule has 55 heavy (non-hydrogen) atoms. The summed E-state index contributed by atoms with van der Waals surface area (Å²) < 4.78 is 53.9. The Hall–Kier alpha value is -4.67. The lowest BCUT2D eigenvalue weighted by Gasteiger charge is -2.38. The highest BCUT2D eigenvalue weighted by Crippen LogP contribution is 2.30. The quantitative estimate of drug-likeness (QED) is 0.0313. The molecular weight excluding hydrogens is 754 g/mol. The van der Waals surface area contributed by atoms with E-state index in [-0.39, 0.29) is 50.6 Å². The topological polar surface area (TPSA) is 302 Å². The van der Waals surface area contributed by atoms with E-state index in [4.69, 9.17) is 18.9 Å². The summed E-state index contributed by atoms with van der Waals surface area (Å²) in [5, 5.41) is 44.8. The second-order valence-electron chi connectivity index (χ2n) is 13.0. The zero-order valence-electron chi connectivity index (χ0n) is 30.2. The van der Waals surface area contributed by atoms with Crippen LogP contribution in [0.1, 0.15) is 57.9 Å². The van der Waals surface area contributed by atoms with Crippen molar-refractivity contribution in [2.24, 2.45) is 5.92 Å². The van der Waals surface area contributed by atoms with Crippen molar-refractivity contribution in [3.05, 3.63) is 35.9 Å². The van der Waals surface area contributed by atoms with Crippen molar-refractivity contribution < 1.29 is 81.1 Å². The predicted molar refractivity (Wildman–Crippen MR) is 186 cm³/mol. The molecule has 2 aliphatic rings. The summed E-state index contributed by atoms with van der Waals surface area (Å²) >= 11 is 0. The molecule has 1 aromatic carbocycles. The van der Waals surface area contributed by atoms with Crippen molar-refractivity contribution in [3.8, 4) is 11.5 Å². The van der Waals surface area contributed by atoms with Crippen LogP contribution in [0, 0.1) is 5.92 Å². The number of carboxylic acids is 1. The highest BCUT2D eigenvalue weighted by molar-refractivity contribution is 7.85. The fourth-order valence-electron chi connectivity index (χ4n) is 5.24. The maximum atomic E-state index is 13.0. The monoisotopic (exact) mass is 801 g/mol. The molecule has 0 bridgehead atoms. The number of imide groups is 1. The van der Waals surface area contributed by atoms with Gasteiger partial charge in [0.1, 0.15) is 42.5 Å². The zero-order valence-corrected chi connectivity index (χ0v) is 31.0. The van der Waals surface area contributed by atoms with Crippen LogP contribution in [0.3, 0.4) is 0 Å². The van der Waals surface area contributed by atoms with E-state index in [9.17, 15) is 62.2 Å². The first-order valence-electron chi connectivity index (χ1n) is 17.4. The molecule has 0 aliphatic carbocycles. The molecule has 7 N–H and O–H groups in total. The molecule has 20 nitrogen and oxygen atoms in total. The number of amides is 4. The Kier molecular flexibility index (Phi) is 17.0. The van der Waals surface area contributed by atoms with Crippen LogP contribution in [-0.2, 0) is 55.0 Å². The number of unbranched alkanes of at least 4 members (excludes halogenated alkanes) is 2. The van der Waals surface area contributed by atoms with Gasteiger partial charge in [-0.05, 0) is 37.8 Å². The molecule has 0 unspecified atom stereocenters. The number of carboxylic acid groups (broad SMARTS) is 1. The standard InChI is InChI=1S/C34H47N3O17S/c1-19(2)33(47)52-18-20-8-9-21(53-34-29(43)27(41)28(42)30(54-34)32(45)46)17-23(20)51-15-6-13-35-31(44)22(12-16-55(48,49)50)36-24(38)7-4-3-5-14-37-25(39)10-11-26(37)40/h8-11,17,19,22,27-30,34,41-43H,3-7,12-16,18H2,1-2H3,(H,35,44)(H,36,38)(H,45,46)(H,48,49,50)/t22-,27-,28-,29+,30-,34+/m0/s1. The number of ether oxygens (including phenoxy) is 4. The van der Waals surface area contributed by atoms with Gasteiger partial charge in [0.25, 0.3) is 21.9 Å². The summed E-state index contributed by atoms with van der Waals surface area (Å²) in [6.45, 7) is 3.17. The Bertz CT molecular complexity index is 1670. The van der Waals surface area contributed by atoms with E-state index in [2.05, 4.69) is 10.6 Å². The second-order valence-corrected chi connectivity index (χ2v) is 14.6. The predicted octanol–water partition coefficient (Wildman–Crippen LogP) is -1.21. The van der Waals surface area contributed by atoms with Crippen molar-refractivity contribution >= 4 is 45.7 Å². The van der Waals surface area contributed by atoms with Crippen molar-refractivity contribution in [3.63, 3.8) is 0 Å². The minimum atomic E-state index is -4.47. The van der Waals surface area contributed by atoms with Gasteiger partial charge in [-0.25, -0.2) is 4.79 Å². The van der Waals surface area contributed by atoms with Gasteiger partial charge in [-0.1, -0.05) is 20.3 Å². The summed E-state index contributed by atoms with van der Waals surface area (Å²) in [7, 11) is -4.47. The van der Waals surface area contributed by atoms with Gasteiger partial charge >= 0.3 is 11.9 Å². The molecule has 0 saturated carbocycles. The van der Waals surface area contributed by atoms with E-state index >= 15 is 0 Å². The summed E-state index contributed by atoms with van der Waals surface area (Å²) in [6.07, 6.45) is -5.95. The van der Waals surface area contributed by atoms with Crippen LogP contribution in [-0.4, -0.2) is 136 Å². The Morgan fingerprint density at radius 1 is 0.964 bits per heavy atom. The smallest absolute Gasteiger partial charge is 0.335 e. The van der Waals surface area contributed by atoms with Gasteiger partial charge in [0.2, 0.25) is 18.1 Å². The van der Waals surface area contributed by atoms with E-state index in [1.807, 2.05) is 0 Å². The van der Waals surface area contributed by atoms with Gasteiger partial charge in [-0.3, -0.25) is 33.4 Å². The van der Waals surface area contributed by atoms with Crippen molar-refractivity contribution in [1.29, 1.82) is 0 Å². The molecule has 1 aromatic rings. The Morgan fingerprint density at radius 2 is 1.65 bits per heavy atom. The number of hydrogen-bond donors (Lipinski definition) is 7. The molecule has 6 atom stereocenters. The molecule has 3 rings (SSSR count). The van der Waals surface area contributed by atoms with Crippen LogP contribution in [0.4, 0.5) is 0 Å². The molecule has 0 aromatic heterocycles. The molecule has 2 heterocycles. The zero-order chi connectivity index (χ0) is 40.9. The third kappa shape index (κ3) is 14.2. The molecule has 2 aliphatic heterocycles. The summed E-state index contributed by atoms with van der Waals surface area (Å²) in [5.74, 6) is -5.35. The first-order valence-corrected chi connectivity index (χ1v) is 19.1. The average molecular weight is 802 g/mol. The number of hydrogen-bond acceptors (Lipinski definition) is 15. The Morgan fingerprint density at radius 3 is 2.29 bits per heavy atom. The van der Waals surface area contributed by atoms with Gasteiger partial charge < -0.3 is 50.0 Å². The van der Waals surface area contributed by atoms with Crippen LogP contribution in [0.5, 0.6) is 11.5 Å². The molecule has 306 valence electrons. The van der Waals surface area contributed by atoms with E-state index < -0.39 is 101 Å². The van der Waals surface area contributed by atoms with E-state index in [1.165, 1.54) is 30.4 Å². The van der Waals surface area contributed by atoms with Crippen LogP contribution < -0.4 is 20.1 Å². The number of nitrogens with one attached hydrogen (secondary N) is 2. The first-order chi connectivity index (χ1) is 25.9. The number of carbonyl (C=O) groups excluding carboxylic acids is 5. The van der Waals surface area contributed by atoms with E-state index in [1.54, 1.807) is 13.8 Å². The lowest BCUT2D eigenvalue weighted by molar-refractivity contribution is -0.271. The van der Waals surface area contributed by atoms with E-state index in [0.717, 1.165) is 4.90 Å². The third-order valence-corrected chi connectivity index (χ3v) is 9.08. The van der Waals surface area contributed by atoms with Crippen LogP contribution in [0.2, 0.25) is 0 Å². The second kappa shape index (κ2) is 20.9. The van der Waals surface area contributed by atoms with E-state index in [0.29, 0.717) is 24.8 Å². The van der Waals surface area contributed by atoms with Gasteiger partial charge in [-0.15, -0.1) is 0 Å². The number of carbonyl (C=O) groups is 6. The van der Waals surface area contributed by atoms with Crippen molar-refractivity contribution in [1.82, 2.24) is 15.5 Å².